The van der Waals surface area contributed by atoms with Crippen LogP contribution in [0.15, 0.2) is 47.5 Å². The average Bonchev–Trinajstić information content (AvgIpc) is 2.64. The van der Waals surface area contributed by atoms with E-state index in [1.807, 2.05) is 0 Å². The first kappa shape index (κ1) is 10.4. The monoisotopic (exact) mass is 304 g/mol. The van der Waals surface area contributed by atoms with Crippen molar-refractivity contribution in [3.63, 3.8) is 0 Å². The van der Waals surface area contributed by atoms with Crippen LogP contribution in [-0.2, 0) is 4.79 Å². The van der Waals surface area contributed by atoms with Crippen LogP contribution in [0.25, 0.3) is 0 Å². The summed E-state index contributed by atoms with van der Waals surface area (Å²) in [5.41, 5.74) is 1.79. The lowest BCUT2D eigenvalue weighted by molar-refractivity contribution is -0.116. The minimum absolute atomic E-state index is 0.0967. The summed E-state index contributed by atoms with van der Waals surface area (Å²) in [5.74, 6) is -0.521. The Balaban J connectivity index is 2.23. The van der Waals surface area contributed by atoms with Crippen molar-refractivity contribution in [1.29, 1.82) is 0 Å². The molecule has 0 atom stereocenters. The van der Waals surface area contributed by atoms with E-state index >= 15 is 0 Å². The summed E-state index contributed by atoms with van der Waals surface area (Å²) in [6.45, 7) is -2.92. The molecule has 1 N–H and O–H groups in total. The highest BCUT2D eigenvalue weighted by Crippen LogP contribution is 2.29. The number of nitrogens with zero attached hydrogens (tertiary/aromatic N) is 2. The maximum absolute atomic E-state index is 12.3. The highest BCUT2D eigenvalue weighted by atomic mass is 35.5. The molecule has 0 aromatic heterocycles. The number of amides is 1. The lowest BCUT2D eigenvalue weighted by Crippen LogP contribution is -2.27. The van der Waals surface area contributed by atoms with Gasteiger partial charge in [-0.05, 0) is 42.5 Å². The number of benzene rings is 2. The van der Waals surface area contributed by atoms with Crippen molar-refractivity contribution in [2.24, 2.45) is 4.99 Å². The number of carbonyl (C=O) groups is 1. The second-order valence-electron chi connectivity index (χ2n) is 4.60. The summed E-state index contributed by atoms with van der Waals surface area (Å²) in [7, 11) is 0. The van der Waals surface area contributed by atoms with Gasteiger partial charge in [0.15, 0.2) is 0 Å². The molecule has 21 heavy (non-hydrogen) atoms. The van der Waals surface area contributed by atoms with Crippen molar-refractivity contribution in [2.75, 3.05) is 18.4 Å². The van der Waals surface area contributed by atoms with Crippen molar-refractivity contribution in [3.05, 3.63) is 58.6 Å². The Morgan fingerprint density at radius 1 is 1.29 bits per heavy atom. The second-order valence-corrected chi connectivity index (χ2v) is 5.04. The number of phenols is 1. The van der Waals surface area contributed by atoms with E-state index in [9.17, 15) is 9.90 Å². The number of halogens is 1. The number of aliphatic imine (C=N–C) groups is 1. The molecule has 0 aliphatic carbocycles. The fourth-order valence-electron chi connectivity index (χ4n) is 2.20. The van der Waals surface area contributed by atoms with Crippen LogP contribution in [-0.4, -0.2) is 30.2 Å². The van der Waals surface area contributed by atoms with Crippen LogP contribution < -0.4 is 4.90 Å². The number of benzodiazepines with no additional fused rings is 1. The standard InChI is InChI=1S/C16H13ClN2O2/c1-19-14-7-4-11(17)8-13(14)16(18-9-15(19)21)10-2-5-12(20)6-3-10/h2-8,20H,9H2,1H3/i1+1D3. The van der Waals surface area contributed by atoms with E-state index in [2.05, 4.69) is 4.99 Å². The normalized spacial score (nSPS) is 17.2. The molecule has 5 heteroatoms. The Kier molecular flexibility index (Phi) is 2.59. The summed E-state index contributed by atoms with van der Waals surface area (Å²) in [4.78, 5) is 17.4. The molecule has 0 saturated heterocycles. The van der Waals surface area contributed by atoms with E-state index in [1.54, 1.807) is 18.2 Å². The highest BCUT2D eigenvalue weighted by molar-refractivity contribution is 6.32. The van der Waals surface area contributed by atoms with Crippen LogP contribution in [0, 0.1) is 0 Å². The van der Waals surface area contributed by atoms with E-state index in [1.165, 1.54) is 24.3 Å². The third-order valence-corrected chi connectivity index (χ3v) is 3.45. The Hall–Kier alpha value is -2.33. The van der Waals surface area contributed by atoms with Crippen LogP contribution in [0.1, 0.15) is 15.2 Å². The van der Waals surface area contributed by atoms with E-state index in [0.717, 1.165) is 4.90 Å². The molecule has 1 aliphatic rings. The average molecular weight is 305 g/mol. The van der Waals surface area contributed by atoms with E-state index in [4.69, 9.17) is 15.7 Å². The molecule has 3 rings (SSSR count). The minimum Gasteiger partial charge on any atom is -0.508 e. The number of carbonyl (C=O) groups excluding carboxylic acids is 1. The zero-order valence-electron chi connectivity index (χ0n) is 13.9. The largest absolute Gasteiger partial charge is 0.508 e. The van der Waals surface area contributed by atoms with Crippen molar-refractivity contribution >= 4 is 28.9 Å². The molecule has 1 aliphatic heterocycles. The molecule has 0 unspecified atom stereocenters. The first-order chi connectivity index (χ1) is 11.3. The second kappa shape index (κ2) is 5.22. The first-order valence-electron chi connectivity index (χ1n) is 7.74. The lowest BCUT2D eigenvalue weighted by Gasteiger charge is -2.18. The van der Waals surface area contributed by atoms with E-state index in [-0.39, 0.29) is 18.0 Å². The Morgan fingerprint density at radius 2 is 2.05 bits per heavy atom. The topological polar surface area (TPSA) is 52.9 Å². The number of hydrogen-bond acceptors (Lipinski definition) is 3. The smallest absolute Gasteiger partial charge is 0.248 e. The summed E-state index contributed by atoms with van der Waals surface area (Å²) < 4.78 is 23.0. The van der Waals surface area contributed by atoms with Gasteiger partial charge < -0.3 is 10.0 Å². The van der Waals surface area contributed by atoms with Gasteiger partial charge in [-0.3, -0.25) is 9.79 Å². The van der Waals surface area contributed by atoms with Gasteiger partial charge in [0.2, 0.25) is 5.91 Å². The van der Waals surface area contributed by atoms with Gasteiger partial charge in [-0.1, -0.05) is 11.6 Å². The van der Waals surface area contributed by atoms with Gasteiger partial charge in [-0.25, -0.2) is 0 Å². The fourth-order valence-corrected chi connectivity index (χ4v) is 2.37. The number of phenolic OH excluding ortho intramolecular Hbond substituents is 1. The molecule has 2 aromatic carbocycles. The number of fused-ring (bicyclic) bond motifs is 1. The minimum atomic E-state index is -2.63. The number of anilines is 1. The molecular formula is C16H13ClN2O2. The first-order valence-corrected chi connectivity index (χ1v) is 6.62. The van der Waals surface area contributed by atoms with Crippen LogP contribution >= 0.6 is 11.6 Å². The highest BCUT2D eigenvalue weighted by Gasteiger charge is 2.22. The Labute approximate surface area is 131 Å². The van der Waals surface area contributed by atoms with Crippen LogP contribution in [0.3, 0.4) is 0 Å². The number of hydrogen-bond donors (Lipinski definition) is 1. The summed E-state index contributed by atoms with van der Waals surface area (Å²) in [5, 5.41) is 9.85. The molecule has 0 fully saturated rings. The molecule has 0 radical (unpaired) electrons. The number of likely N-dealkylation sites (N-methyl/N-ethyl adjacent to an activating group) is 1. The van der Waals surface area contributed by atoms with Crippen LogP contribution in [0.5, 0.6) is 5.75 Å². The molecule has 4 nitrogen and oxygen atoms in total. The third kappa shape index (κ3) is 2.50. The maximum atomic E-state index is 12.3. The molecule has 106 valence electrons. The van der Waals surface area contributed by atoms with Crippen molar-refractivity contribution in [1.82, 2.24) is 0 Å². The molecule has 0 spiro atoms. The summed E-state index contributed by atoms with van der Waals surface area (Å²) in [6.07, 6.45) is 0. The van der Waals surface area contributed by atoms with Crippen LogP contribution in [0.2, 0.25) is 5.02 Å². The van der Waals surface area contributed by atoms with Crippen molar-refractivity contribution in [2.45, 2.75) is 0 Å². The quantitative estimate of drug-likeness (QED) is 0.824. The predicted molar refractivity (Wildman–Crippen MR) is 83.5 cm³/mol. The van der Waals surface area contributed by atoms with Crippen molar-refractivity contribution in [3.8, 4) is 5.75 Å². The molecule has 1 amide bonds. The van der Waals surface area contributed by atoms with Gasteiger partial charge in [-0.2, -0.15) is 0 Å². The molecule has 2 aromatic rings. The summed E-state index contributed by atoms with van der Waals surface area (Å²) in [6, 6.07) is 10.9. The molecular weight excluding hydrogens is 289 g/mol. The van der Waals surface area contributed by atoms with Gasteiger partial charge in [0.25, 0.3) is 0 Å². The van der Waals surface area contributed by atoms with Gasteiger partial charge in [0.1, 0.15) is 12.3 Å². The van der Waals surface area contributed by atoms with Gasteiger partial charge >= 0.3 is 0 Å². The third-order valence-electron chi connectivity index (χ3n) is 3.22. The van der Waals surface area contributed by atoms with Crippen molar-refractivity contribution < 1.29 is 14.0 Å². The number of aromatic hydroxyl groups is 1. The predicted octanol–water partition coefficient (Wildman–Crippen LogP) is 2.86. The van der Waals surface area contributed by atoms with E-state index in [0.29, 0.717) is 21.9 Å². The van der Waals surface area contributed by atoms with Gasteiger partial charge in [0, 0.05) is 27.2 Å². The zero-order chi connectivity index (χ0) is 17.5. The van der Waals surface area contributed by atoms with Crippen LogP contribution in [0.4, 0.5) is 5.69 Å². The Morgan fingerprint density at radius 3 is 2.76 bits per heavy atom. The van der Waals surface area contributed by atoms with E-state index < -0.39 is 12.9 Å². The van der Waals surface area contributed by atoms with Gasteiger partial charge in [0.05, 0.1) is 11.4 Å². The number of rotatable bonds is 1. The maximum Gasteiger partial charge on any atom is 0.248 e. The summed E-state index contributed by atoms with van der Waals surface area (Å²) >= 11 is 6.07. The molecule has 0 saturated carbocycles. The fraction of sp³-hybridized carbons (Fsp3) is 0.125. The molecule has 0 bridgehead atoms. The Bertz CT molecular complexity index is 832. The van der Waals surface area contributed by atoms with Gasteiger partial charge in [-0.15, -0.1) is 0 Å². The zero-order valence-corrected chi connectivity index (χ0v) is 11.6. The molecule has 1 heterocycles. The lowest BCUT2D eigenvalue weighted by atomic mass is 10.0. The SMILES string of the molecule is [2H][13C]([2H])([2H])N1C(=O)CN=C(c2ccc(O)cc2)c2cc(Cl)ccc21.